The van der Waals surface area contributed by atoms with Crippen molar-refractivity contribution in [2.75, 3.05) is 5.73 Å². The number of rotatable bonds is 2. The second kappa shape index (κ2) is 4.62. The molecule has 0 radical (unpaired) electrons. The Morgan fingerprint density at radius 1 is 1.00 bits per heavy atom. The maximum atomic E-state index is 5.70. The standard InChI is InChI=1S/C14H14N2/c1-11(12-6-3-2-4-7-12)16-14-9-5-8-13(15)10-14/h2-10H,15H2,1H3. The Balaban J connectivity index is 2.32. The minimum atomic E-state index is 0.738. The maximum Gasteiger partial charge on any atom is 0.0653 e. The molecule has 0 spiro atoms. The lowest BCUT2D eigenvalue weighted by molar-refractivity contribution is 1.47. The number of nitrogens with zero attached hydrogens (tertiary/aromatic N) is 1. The summed E-state index contributed by atoms with van der Waals surface area (Å²) in [5, 5.41) is 0. The van der Waals surface area contributed by atoms with E-state index in [9.17, 15) is 0 Å². The maximum absolute atomic E-state index is 5.70. The van der Waals surface area contributed by atoms with Gasteiger partial charge in [0.25, 0.3) is 0 Å². The molecule has 0 aliphatic rings. The van der Waals surface area contributed by atoms with Gasteiger partial charge in [0.1, 0.15) is 0 Å². The molecule has 0 amide bonds. The highest BCUT2D eigenvalue weighted by molar-refractivity contribution is 6.00. The Morgan fingerprint density at radius 2 is 1.75 bits per heavy atom. The fraction of sp³-hybridized carbons (Fsp3) is 0.0714. The molecule has 0 fully saturated rings. The first kappa shape index (κ1) is 10.4. The summed E-state index contributed by atoms with van der Waals surface area (Å²) in [6.45, 7) is 2.00. The molecule has 0 saturated heterocycles. The number of anilines is 1. The summed E-state index contributed by atoms with van der Waals surface area (Å²) >= 11 is 0. The Bertz CT molecular complexity index is 501. The molecule has 16 heavy (non-hydrogen) atoms. The van der Waals surface area contributed by atoms with Gasteiger partial charge in [-0.2, -0.15) is 0 Å². The van der Waals surface area contributed by atoms with Crippen LogP contribution in [0.15, 0.2) is 59.6 Å². The Hall–Kier alpha value is -2.09. The van der Waals surface area contributed by atoms with Gasteiger partial charge < -0.3 is 5.73 Å². The van der Waals surface area contributed by atoms with Crippen molar-refractivity contribution in [3.63, 3.8) is 0 Å². The molecule has 2 heteroatoms. The Morgan fingerprint density at radius 3 is 2.44 bits per heavy atom. The van der Waals surface area contributed by atoms with Gasteiger partial charge in [0.05, 0.1) is 5.69 Å². The van der Waals surface area contributed by atoms with Crippen LogP contribution in [-0.4, -0.2) is 5.71 Å². The van der Waals surface area contributed by atoms with Gasteiger partial charge in [-0.15, -0.1) is 0 Å². The van der Waals surface area contributed by atoms with Gasteiger partial charge in [0.2, 0.25) is 0 Å². The summed E-state index contributed by atoms with van der Waals surface area (Å²) in [4.78, 5) is 4.53. The molecule has 0 bridgehead atoms. The van der Waals surface area contributed by atoms with E-state index in [1.54, 1.807) is 0 Å². The molecule has 0 aliphatic carbocycles. The molecule has 2 aromatic carbocycles. The van der Waals surface area contributed by atoms with Crippen molar-refractivity contribution >= 4 is 17.1 Å². The van der Waals surface area contributed by atoms with Crippen LogP contribution in [0.5, 0.6) is 0 Å². The minimum Gasteiger partial charge on any atom is -0.399 e. The van der Waals surface area contributed by atoms with Gasteiger partial charge in [-0.3, -0.25) is 4.99 Å². The van der Waals surface area contributed by atoms with Crippen molar-refractivity contribution in [1.29, 1.82) is 0 Å². The van der Waals surface area contributed by atoms with Crippen molar-refractivity contribution < 1.29 is 0 Å². The molecule has 2 N–H and O–H groups in total. The van der Waals surface area contributed by atoms with E-state index in [2.05, 4.69) is 4.99 Å². The van der Waals surface area contributed by atoms with E-state index in [4.69, 9.17) is 5.73 Å². The van der Waals surface area contributed by atoms with Gasteiger partial charge in [-0.25, -0.2) is 0 Å². The van der Waals surface area contributed by atoms with Gasteiger partial charge in [-0.1, -0.05) is 36.4 Å². The summed E-state index contributed by atoms with van der Waals surface area (Å²) in [5.74, 6) is 0. The first-order chi connectivity index (χ1) is 7.75. The molecule has 0 saturated carbocycles. The van der Waals surface area contributed by atoms with E-state index in [0.717, 1.165) is 22.6 Å². The fourth-order valence-electron chi connectivity index (χ4n) is 1.53. The number of benzene rings is 2. The van der Waals surface area contributed by atoms with Gasteiger partial charge in [0, 0.05) is 11.4 Å². The Kier molecular flexibility index (Phi) is 3.01. The zero-order valence-corrected chi connectivity index (χ0v) is 9.22. The predicted molar refractivity (Wildman–Crippen MR) is 69.2 cm³/mol. The summed E-state index contributed by atoms with van der Waals surface area (Å²) in [6.07, 6.45) is 0. The summed E-state index contributed by atoms with van der Waals surface area (Å²) in [7, 11) is 0. The summed E-state index contributed by atoms with van der Waals surface area (Å²) < 4.78 is 0. The van der Waals surface area contributed by atoms with Crippen molar-refractivity contribution in [3.8, 4) is 0 Å². The van der Waals surface area contributed by atoms with Gasteiger partial charge >= 0.3 is 0 Å². The lowest BCUT2D eigenvalue weighted by atomic mass is 10.1. The summed E-state index contributed by atoms with van der Waals surface area (Å²) in [6, 6.07) is 17.7. The van der Waals surface area contributed by atoms with Crippen LogP contribution in [0.2, 0.25) is 0 Å². The van der Waals surface area contributed by atoms with Crippen LogP contribution in [0.3, 0.4) is 0 Å². The fourth-order valence-corrected chi connectivity index (χ4v) is 1.53. The highest BCUT2D eigenvalue weighted by atomic mass is 14.7. The van der Waals surface area contributed by atoms with Crippen LogP contribution in [0.25, 0.3) is 0 Å². The van der Waals surface area contributed by atoms with Crippen LogP contribution >= 0.6 is 0 Å². The van der Waals surface area contributed by atoms with Crippen LogP contribution < -0.4 is 5.73 Å². The number of hydrogen-bond donors (Lipinski definition) is 1. The first-order valence-electron chi connectivity index (χ1n) is 5.22. The minimum absolute atomic E-state index is 0.738. The average Bonchev–Trinajstić information content (AvgIpc) is 2.30. The molecule has 0 unspecified atom stereocenters. The quantitative estimate of drug-likeness (QED) is 0.598. The molecule has 80 valence electrons. The smallest absolute Gasteiger partial charge is 0.0653 e. The third-order valence-electron chi connectivity index (χ3n) is 2.36. The van der Waals surface area contributed by atoms with E-state index in [1.807, 2.05) is 61.5 Å². The van der Waals surface area contributed by atoms with E-state index >= 15 is 0 Å². The van der Waals surface area contributed by atoms with E-state index in [0.29, 0.717) is 0 Å². The number of hydrogen-bond acceptors (Lipinski definition) is 2. The van der Waals surface area contributed by atoms with E-state index in [1.165, 1.54) is 0 Å². The highest BCUT2D eigenvalue weighted by Gasteiger charge is 1.96. The summed E-state index contributed by atoms with van der Waals surface area (Å²) in [5.41, 5.74) is 9.45. The van der Waals surface area contributed by atoms with Crippen molar-refractivity contribution in [2.45, 2.75) is 6.92 Å². The molecular weight excluding hydrogens is 196 g/mol. The predicted octanol–water partition coefficient (Wildman–Crippen LogP) is 3.41. The van der Waals surface area contributed by atoms with Crippen LogP contribution in [-0.2, 0) is 0 Å². The molecule has 0 aromatic heterocycles. The van der Waals surface area contributed by atoms with Crippen LogP contribution in [0.1, 0.15) is 12.5 Å². The third kappa shape index (κ3) is 2.48. The molecule has 2 rings (SSSR count). The molecule has 2 nitrogen and oxygen atoms in total. The molecule has 0 aliphatic heterocycles. The van der Waals surface area contributed by atoms with Crippen molar-refractivity contribution in [3.05, 3.63) is 60.2 Å². The molecular formula is C14H14N2. The lowest BCUT2D eigenvalue weighted by Gasteiger charge is -2.01. The monoisotopic (exact) mass is 210 g/mol. The van der Waals surface area contributed by atoms with Crippen molar-refractivity contribution in [1.82, 2.24) is 0 Å². The normalized spacial score (nSPS) is 11.4. The molecule has 2 aromatic rings. The highest BCUT2D eigenvalue weighted by Crippen LogP contribution is 2.17. The second-order valence-electron chi connectivity index (χ2n) is 3.66. The zero-order chi connectivity index (χ0) is 11.4. The van der Waals surface area contributed by atoms with Gasteiger partial charge in [0.15, 0.2) is 0 Å². The topological polar surface area (TPSA) is 38.4 Å². The zero-order valence-electron chi connectivity index (χ0n) is 9.22. The number of nitrogens with two attached hydrogens (primary N) is 1. The molecule has 0 heterocycles. The van der Waals surface area contributed by atoms with Crippen LogP contribution in [0, 0.1) is 0 Å². The number of nitrogen functional groups attached to an aromatic ring is 1. The average molecular weight is 210 g/mol. The van der Waals surface area contributed by atoms with Crippen molar-refractivity contribution in [2.24, 2.45) is 4.99 Å². The van der Waals surface area contributed by atoms with E-state index < -0.39 is 0 Å². The third-order valence-corrected chi connectivity index (χ3v) is 2.36. The van der Waals surface area contributed by atoms with Gasteiger partial charge in [-0.05, 0) is 30.7 Å². The Labute approximate surface area is 95.5 Å². The van der Waals surface area contributed by atoms with Crippen LogP contribution in [0.4, 0.5) is 11.4 Å². The second-order valence-corrected chi connectivity index (χ2v) is 3.66. The van der Waals surface area contributed by atoms with E-state index in [-0.39, 0.29) is 0 Å². The first-order valence-corrected chi connectivity index (χ1v) is 5.22. The SMILES string of the molecule is CC(=Nc1cccc(N)c1)c1ccccc1. The lowest BCUT2D eigenvalue weighted by Crippen LogP contribution is -1.92. The number of aliphatic imine (C=N–C) groups is 1. The molecule has 0 atom stereocenters. The largest absolute Gasteiger partial charge is 0.399 e.